The number of halogens is 24. The van der Waals surface area contributed by atoms with Gasteiger partial charge in [-0.05, 0) is 90.0 Å². The molecule has 0 saturated carbocycles. The molecule has 436 valence electrons. The van der Waals surface area contributed by atoms with E-state index in [0.717, 1.165) is 29.2 Å². The highest BCUT2D eigenvalue weighted by atomic mass is 19.4. The van der Waals surface area contributed by atoms with Gasteiger partial charge in [0.1, 0.15) is 45.4 Å². The van der Waals surface area contributed by atoms with Gasteiger partial charge in [-0.3, -0.25) is 19.3 Å². The third-order valence-electron chi connectivity index (χ3n) is 13.0. The molecule has 0 spiro atoms. The van der Waals surface area contributed by atoms with E-state index in [4.69, 9.17) is 0 Å². The second-order valence-electron chi connectivity index (χ2n) is 18.2. The number of hydrogen-bond donors (Lipinski definition) is 0. The molecule has 0 radical (unpaired) electrons. The molecule has 2 aliphatic heterocycles. The molecule has 2 aliphatic rings. The molecule has 2 aromatic heterocycles. The van der Waals surface area contributed by atoms with Crippen LogP contribution in [0.5, 0.6) is 0 Å². The van der Waals surface area contributed by atoms with Crippen LogP contribution >= 0.6 is 0 Å². The van der Waals surface area contributed by atoms with Crippen molar-refractivity contribution in [2.75, 3.05) is 29.4 Å². The summed E-state index contributed by atoms with van der Waals surface area (Å²) in [6.07, 6.45) is -47.0. The summed E-state index contributed by atoms with van der Waals surface area (Å²) >= 11 is 0. The number of rotatable bonds is 12. The lowest BCUT2D eigenvalue weighted by atomic mass is 9.77. The maximum atomic E-state index is 14.4. The zero-order valence-electron chi connectivity index (χ0n) is 40.1. The van der Waals surface area contributed by atoms with Crippen LogP contribution in [-0.2, 0) is 75.1 Å². The first-order valence-corrected chi connectivity index (χ1v) is 22.8. The van der Waals surface area contributed by atoms with Crippen LogP contribution in [-0.4, -0.2) is 59.4 Å². The quantitative estimate of drug-likeness (QED) is 0.131. The van der Waals surface area contributed by atoms with E-state index in [1.54, 1.807) is 0 Å². The molecule has 2 saturated heterocycles. The van der Waals surface area contributed by atoms with E-state index in [0.29, 0.717) is 0 Å². The van der Waals surface area contributed by atoms with Gasteiger partial charge in [0.05, 0.1) is 22.3 Å². The van der Waals surface area contributed by atoms with Crippen LogP contribution in [0.25, 0.3) is 0 Å². The Balaban J connectivity index is 0.000000291. The lowest BCUT2D eigenvalue weighted by Crippen LogP contribution is -2.45. The molecule has 2 aromatic carbocycles. The number of pyridine rings is 2. The standard InChI is InChI=1S/C24H18F12N2O2.C24H20F12N2O/c1-2-16(39)5-3-12-4-6-17(37-19(12)23(31,32)33)38-11-20(10-18(38)40,24(34,35)36)13-7-14(21(25,26)27)9-15(8-13)22(28,29)30;1-2-17(39)5-3-13-4-6-18(37-19(13)23(31,32)33)38-8-7-20(12-38,24(34,35)36)14-9-15(21(25,26)27)11-16(10-14)22(28,29)30/h4,6-9H,2-3,5,10-11H2,1H3;4,6,9-11H,2-3,5,7-8,12H2,1H3. The molecule has 6 rings (SSSR count). The van der Waals surface area contributed by atoms with Crippen molar-refractivity contribution < 1.29 is 120 Å². The molecule has 4 heterocycles. The van der Waals surface area contributed by atoms with Crippen molar-refractivity contribution in [2.45, 2.75) is 125 Å². The van der Waals surface area contributed by atoms with E-state index < -0.39 is 167 Å². The first kappa shape index (κ1) is 63.5. The molecule has 0 bridgehead atoms. The van der Waals surface area contributed by atoms with Gasteiger partial charge in [-0.25, -0.2) is 9.97 Å². The van der Waals surface area contributed by atoms with Crippen molar-refractivity contribution in [1.82, 2.24) is 9.97 Å². The molecule has 0 N–H and O–H groups in total. The Morgan fingerprint density at radius 1 is 0.481 bits per heavy atom. The van der Waals surface area contributed by atoms with Crippen LogP contribution in [0, 0.1) is 0 Å². The van der Waals surface area contributed by atoms with Gasteiger partial charge >= 0.3 is 49.4 Å². The molecular weight excluding hydrogens is 1140 g/mol. The fourth-order valence-electron chi connectivity index (χ4n) is 8.70. The predicted molar refractivity (Wildman–Crippen MR) is 228 cm³/mol. The first-order chi connectivity index (χ1) is 35.8. The lowest BCUT2D eigenvalue weighted by molar-refractivity contribution is -0.186. The van der Waals surface area contributed by atoms with E-state index in [1.807, 2.05) is 0 Å². The molecule has 4 aromatic rings. The summed E-state index contributed by atoms with van der Waals surface area (Å²) in [5.41, 5.74) is -21.7. The lowest BCUT2D eigenvalue weighted by Gasteiger charge is -2.33. The van der Waals surface area contributed by atoms with Gasteiger partial charge in [0.15, 0.2) is 0 Å². The minimum absolute atomic E-state index is 0.0192. The minimum atomic E-state index is -5.61. The Hall–Kier alpha value is -6.33. The van der Waals surface area contributed by atoms with E-state index >= 15 is 0 Å². The normalized spacial score (nSPS) is 19.0. The van der Waals surface area contributed by atoms with Gasteiger partial charge in [-0.2, -0.15) is 105 Å². The van der Waals surface area contributed by atoms with Crippen molar-refractivity contribution in [3.05, 3.63) is 117 Å². The first-order valence-electron chi connectivity index (χ1n) is 22.8. The highest BCUT2D eigenvalue weighted by Gasteiger charge is 2.63. The number of carbonyl (C=O) groups is 3. The molecular formula is C48H38F24N4O3. The number of aromatic nitrogens is 2. The number of Topliss-reactive ketones (excluding diaryl/α,β-unsaturated/α-hetero) is 2. The Morgan fingerprint density at radius 3 is 1.18 bits per heavy atom. The summed E-state index contributed by atoms with van der Waals surface area (Å²) in [5, 5.41) is 0. The second-order valence-corrected chi connectivity index (χ2v) is 18.2. The number of carbonyl (C=O) groups excluding carboxylic acids is 3. The third kappa shape index (κ3) is 14.2. The number of benzene rings is 2. The van der Waals surface area contributed by atoms with Crippen LogP contribution in [0.1, 0.15) is 108 Å². The molecule has 0 aliphatic carbocycles. The monoisotopic (exact) mass is 1170 g/mol. The number of hydrogen-bond acceptors (Lipinski definition) is 6. The fraction of sp³-hybridized carbons (Fsp3) is 0.479. The Labute approximate surface area is 430 Å². The Morgan fingerprint density at radius 2 is 0.835 bits per heavy atom. The summed E-state index contributed by atoms with van der Waals surface area (Å²) in [6.45, 7) is -0.576. The van der Waals surface area contributed by atoms with Crippen molar-refractivity contribution in [3.8, 4) is 0 Å². The van der Waals surface area contributed by atoms with Crippen molar-refractivity contribution in [2.24, 2.45) is 0 Å². The van der Waals surface area contributed by atoms with E-state index in [2.05, 4.69) is 9.97 Å². The maximum Gasteiger partial charge on any atom is 0.433 e. The van der Waals surface area contributed by atoms with Crippen molar-refractivity contribution >= 4 is 29.1 Å². The number of alkyl halides is 24. The minimum Gasteiger partial charge on any atom is -0.355 e. The Kier molecular flexibility index (Phi) is 17.7. The zero-order chi connectivity index (χ0) is 60.1. The van der Waals surface area contributed by atoms with Crippen LogP contribution in [0.15, 0.2) is 60.7 Å². The Bertz CT molecular complexity index is 2830. The van der Waals surface area contributed by atoms with Crippen molar-refractivity contribution in [1.29, 1.82) is 0 Å². The molecule has 1 amide bonds. The van der Waals surface area contributed by atoms with Crippen LogP contribution in [0.4, 0.5) is 117 Å². The van der Waals surface area contributed by atoms with Gasteiger partial charge in [-0.1, -0.05) is 26.0 Å². The summed E-state index contributed by atoms with van der Waals surface area (Å²) in [6, 6.07) is 2.40. The molecule has 2 fully saturated rings. The summed E-state index contributed by atoms with van der Waals surface area (Å²) in [4.78, 5) is 43.4. The molecule has 2 unspecified atom stereocenters. The average Bonchev–Trinajstić information content (AvgIpc) is 4.00. The van der Waals surface area contributed by atoms with Gasteiger partial charge in [-0.15, -0.1) is 0 Å². The molecule has 31 heteroatoms. The van der Waals surface area contributed by atoms with Gasteiger partial charge in [0.2, 0.25) is 5.91 Å². The van der Waals surface area contributed by atoms with Crippen LogP contribution in [0.2, 0.25) is 0 Å². The van der Waals surface area contributed by atoms with E-state index in [1.165, 1.54) is 13.8 Å². The number of amides is 1. The average molecular weight is 1170 g/mol. The number of ketones is 2. The highest BCUT2D eigenvalue weighted by Crippen LogP contribution is 2.53. The predicted octanol–water partition coefficient (Wildman–Crippen LogP) is 15.0. The maximum absolute atomic E-state index is 14.4. The number of nitrogens with zero attached hydrogens (tertiary/aromatic N) is 4. The van der Waals surface area contributed by atoms with Gasteiger partial charge in [0.25, 0.3) is 0 Å². The summed E-state index contributed by atoms with van der Waals surface area (Å²) in [7, 11) is 0. The van der Waals surface area contributed by atoms with E-state index in [9.17, 15) is 120 Å². The largest absolute Gasteiger partial charge is 0.433 e. The van der Waals surface area contributed by atoms with Crippen molar-refractivity contribution in [3.63, 3.8) is 0 Å². The number of anilines is 2. The molecule has 79 heavy (non-hydrogen) atoms. The number of aryl methyl sites for hydroxylation is 2. The smallest absolute Gasteiger partial charge is 0.355 e. The van der Waals surface area contributed by atoms with Gasteiger partial charge in [0, 0.05) is 51.7 Å². The second kappa shape index (κ2) is 22.0. The molecule has 7 nitrogen and oxygen atoms in total. The van der Waals surface area contributed by atoms with Crippen LogP contribution in [0.3, 0.4) is 0 Å². The van der Waals surface area contributed by atoms with E-state index in [-0.39, 0.29) is 90.5 Å². The summed E-state index contributed by atoms with van der Waals surface area (Å²) < 4.78 is 328. The molecule has 2 atom stereocenters. The SMILES string of the molecule is CCC(=O)CCc1ccc(N2CC(c3cc(C(F)(F)F)cc(C(F)(F)F)c3)(C(F)(F)F)CC2=O)nc1C(F)(F)F.CCC(=O)CCc1ccc(N2CCC(c3cc(C(F)(F)F)cc(C(F)(F)F)c3)(C(F)(F)F)C2)nc1C(F)(F)F. The topological polar surface area (TPSA) is 83.5 Å². The van der Waals surface area contributed by atoms with Crippen LogP contribution < -0.4 is 9.80 Å². The highest BCUT2D eigenvalue weighted by molar-refractivity contribution is 5.97. The zero-order valence-corrected chi connectivity index (χ0v) is 40.1. The fourth-order valence-corrected chi connectivity index (χ4v) is 8.70. The third-order valence-corrected chi connectivity index (χ3v) is 13.0. The van der Waals surface area contributed by atoms with Gasteiger partial charge < -0.3 is 4.90 Å². The summed E-state index contributed by atoms with van der Waals surface area (Å²) in [5.74, 6) is -3.79.